The van der Waals surface area contributed by atoms with E-state index in [2.05, 4.69) is 10.3 Å². The molecule has 5 nitrogen and oxygen atoms in total. The summed E-state index contributed by atoms with van der Waals surface area (Å²) in [7, 11) is -0.897. The number of rotatable bonds is 7. The molecular formula is C10H19N3O2S. The maximum atomic E-state index is 11.2. The van der Waals surface area contributed by atoms with E-state index < -0.39 is 9.84 Å². The molecule has 0 aromatic carbocycles. The van der Waals surface area contributed by atoms with Gasteiger partial charge in [0.2, 0.25) is 0 Å². The van der Waals surface area contributed by atoms with Gasteiger partial charge >= 0.3 is 0 Å². The maximum absolute atomic E-state index is 11.2. The topological polar surface area (TPSA) is 64.0 Å². The number of nitrogens with one attached hydrogen (secondary N) is 1. The zero-order valence-corrected chi connectivity index (χ0v) is 10.6. The van der Waals surface area contributed by atoms with E-state index in [1.807, 2.05) is 17.8 Å². The molecule has 1 heterocycles. The van der Waals surface area contributed by atoms with Gasteiger partial charge in [0.15, 0.2) is 9.84 Å². The van der Waals surface area contributed by atoms with Gasteiger partial charge in [0.25, 0.3) is 0 Å². The van der Waals surface area contributed by atoms with Crippen molar-refractivity contribution in [1.29, 1.82) is 0 Å². The molecule has 0 atom stereocenters. The highest BCUT2D eigenvalue weighted by atomic mass is 32.2. The molecule has 1 rings (SSSR count). The summed E-state index contributed by atoms with van der Waals surface area (Å²) in [6, 6.07) is 0. The van der Waals surface area contributed by atoms with Gasteiger partial charge in [0.05, 0.1) is 5.75 Å². The number of hydrogen-bond donors (Lipinski definition) is 1. The molecule has 0 amide bonds. The third-order valence-electron chi connectivity index (χ3n) is 2.48. The van der Waals surface area contributed by atoms with Gasteiger partial charge in [-0.2, -0.15) is 0 Å². The fourth-order valence-electron chi connectivity index (χ4n) is 1.33. The lowest BCUT2D eigenvalue weighted by Gasteiger charge is -2.05. The van der Waals surface area contributed by atoms with Crippen LogP contribution >= 0.6 is 0 Å². The van der Waals surface area contributed by atoms with Gasteiger partial charge in [-0.05, 0) is 0 Å². The van der Waals surface area contributed by atoms with Crippen LogP contribution in [0.3, 0.4) is 0 Å². The van der Waals surface area contributed by atoms with Crippen LogP contribution in [0.25, 0.3) is 0 Å². The Morgan fingerprint density at radius 1 is 1.44 bits per heavy atom. The minimum absolute atomic E-state index is 0.212. The molecule has 0 aliphatic carbocycles. The predicted molar refractivity (Wildman–Crippen MR) is 64.1 cm³/mol. The highest BCUT2D eigenvalue weighted by Gasteiger charge is 2.06. The van der Waals surface area contributed by atoms with Gasteiger partial charge in [0, 0.05) is 44.7 Å². The van der Waals surface area contributed by atoms with Crippen molar-refractivity contribution in [3.05, 3.63) is 18.2 Å². The first kappa shape index (κ1) is 13.2. The lowest BCUT2D eigenvalue weighted by molar-refractivity contribution is 0.591. The molecule has 1 N–H and O–H groups in total. The van der Waals surface area contributed by atoms with Crippen LogP contribution in [-0.2, 0) is 23.3 Å². The van der Waals surface area contributed by atoms with Crippen molar-refractivity contribution in [2.24, 2.45) is 7.05 Å². The molecule has 0 aliphatic rings. The van der Waals surface area contributed by atoms with Crippen molar-refractivity contribution >= 4 is 9.84 Å². The van der Waals surface area contributed by atoms with Crippen molar-refractivity contribution in [2.75, 3.05) is 24.6 Å². The van der Waals surface area contributed by atoms with Crippen LogP contribution in [0.15, 0.2) is 12.4 Å². The van der Waals surface area contributed by atoms with Crippen LogP contribution in [0.1, 0.15) is 12.7 Å². The van der Waals surface area contributed by atoms with Crippen LogP contribution in [0, 0.1) is 0 Å². The predicted octanol–water partition coefficient (Wildman–Crippen LogP) is -0.0131. The summed E-state index contributed by atoms with van der Waals surface area (Å²) in [5.74, 6) is 1.43. The zero-order valence-electron chi connectivity index (χ0n) is 9.81. The Balaban J connectivity index is 2.16. The third-order valence-corrected chi connectivity index (χ3v) is 4.18. The fourth-order valence-corrected chi connectivity index (χ4v) is 2.08. The van der Waals surface area contributed by atoms with E-state index in [1.54, 1.807) is 13.1 Å². The highest BCUT2D eigenvalue weighted by Crippen LogP contribution is 1.94. The first-order valence-electron chi connectivity index (χ1n) is 5.42. The quantitative estimate of drug-likeness (QED) is 0.686. The van der Waals surface area contributed by atoms with Crippen LogP contribution < -0.4 is 5.32 Å². The Kier molecular flexibility index (Phi) is 4.95. The molecule has 0 unspecified atom stereocenters. The second-order valence-corrected chi connectivity index (χ2v) is 6.16. The Morgan fingerprint density at radius 3 is 2.75 bits per heavy atom. The van der Waals surface area contributed by atoms with E-state index in [-0.39, 0.29) is 11.5 Å². The van der Waals surface area contributed by atoms with Crippen molar-refractivity contribution in [2.45, 2.75) is 13.3 Å². The molecule has 1 aromatic rings. The van der Waals surface area contributed by atoms with E-state index >= 15 is 0 Å². The number of aryl methyl sites for hydroxylation is 1. The van der Waals surface area contributed by atoms with Crippen molar-refractivity contribution in [3.8, 4) is 0 Å². The zero-order chi connectivity index (χ0) is 12.0. The van der Waals surface area contributed by atoms with Gasteiger partial charge < -0.3 is 9.88 Å². The van der Waals surface area contributed by atoms with Gasteiger partial charge in [-0.3, -0.25) is 0 Å². The summed E-state index contributed by atoms with van der Waals surface area (Å²) >= 11 is 0. The van der Waals surface area contributed by atoms with Crippen LogP contribution in [0.2, 0.25) is 0 Å². The molecule has 0 fully saturated rings. The number of aromatic nitrogens is 2. The summed E-state index contributed by atoms with van der Waals surface area (Å²) in [5.41, 5.74) is 0. The smallest absolute Gasteiger partial charge is 0.151 e. The summed E-state index contributed by atoms with van der Waals surface area (Å²) in [5, 5.41) is 3.11. The van der Waals surface area contributed by atoms with Crippen molar-refractivity contribution in [3.63, 3.8) is 0 Å². The standard InChI is InChI=1S/C10H19N3O2S/c1-3-16(14,15)9-7-11-5-4-10-12-6-8-13(10)2/h6,8,11H,3-5,7,9H2,1-2H3. The van der Waals surface area contributed by atoms with E-state index in [4.69, 9.17) is 0 Å². The minimum Gasteiger partial charge on any atom is -0.338 e. The molecule has 92 valence electrons. The molecular weight excluding hydrogens is 226 g/mol. The van der Waals surface area contributed by atoms with Crippen molar-refractivity contribution < 1.29 is 8.42 Å². The summed E-state index contributed by atoms with van der Waals surface area (Å²) < 4.78 is 24.3. The summed E-state index contributed by atoms with van der Waals surface area (Å²) in [6.45, 7) is 2.94. The second kappa shape index (κ2) is 6.00. The van der Waals surface area contributed by atoms with Gasteiger partial charge in [-0.1, -0.05) is 6.92 Å². The molecule has 0 bridgehead atoms. The SMILES string of the molecule is CCS(=O)(=O)CCNCCc1nccn1C. The van der Waals surface area contributed by atoms with Crippen LogP contribution in [-0.4, -0.2) is 42.6 Å². The van der Waals surface area contributed by atoms with Gasteiger partial charge in [-0.15, -0.1) is 0 Å². The first-order valence-corrected chi connectivity index (χ1v) is 7.24. The Hall–Kier alpha value is -0.880. The van der Waals surface area contributed by atoms with Crippen molar-refractivity contribution in [1.82, 2.24) is 14.9 Å². The Morgan fingerprint density at radius 2 is 2.19 bits per heavy atom. The van der Waals surface area contributed by atoms with E-state index in [0.29, 0.717) is 6.54 Å². The number of imidazole rings is 1. The average molecular weight is 245 g/mol. The normalized spacial score (nSPS) is 11.9. The Bertz CT molecular complexity index is 411. The molecule has 0 aliphatic heterocycles. The van der Waals surface area contributed by atoms with Gasteiger partial charge in [-0.25, -0.2) is 13.4 Å². The maximum Gasteiger partial charge on any atom is 0.151 e. The lowest BCUT2D eigenvalue weighted by atomic mass is 10.4. The highest BCUT2D eigenvalue weighted by molar-refractivity contribution is 7.91. The van der Waals surface area contributed by atoms with Crippen LogP contribution in [0.4, 0.5) is 0 Å². The molecule has 16 heavy (non-hydrogen) atoms. The second-order valence-electron chi connectivity index (χ2n) is 3.69. The molecule has 0 spiro atoms. The van der Waals surface area contributed by atoms with E-state index in [9.17, 15) is 8.42 Å². The lowest BCUT2D eigenvalue weighted by Crippen LogP contribution is -2.26. The summed E-state index contributed by atoms with van der Waals surface area (Å²) in [4.78, 5) is 4.18. The number of hydrogen-bond acceptors (Lipinski definition) is 4. The van der Waals surface area contributed by atoms with Crippen LogP contribution in [0.5, 0.6) is 0 Å². The first-order chi connectivity index (χ1) is 7.55. The molecule has 1 aromatic heterocycles. The monoisotopic (exact) mass is 245 g/mol. The fraction of sp³-hybridized carbons (Fsp3) is 0.700. The largest absolute Gasteiger partial charge is 0.338 e. The molecule has 0 saturated heterocycles. The van der Waals surface area contributed by atoms with E-state index in [1.165, 1.54) is 0 Å². The Labute approximate surface area is 96.8 Å². The molecule has 0 radical (unpaired) electrons. The van der Waals surface area contributed by atoms with Gasteiger partial charge in [0.1, 0.15) is 5.82 Å². The number of sulfone groups is 1. The third kappa shape index (κ3) is 4.32. The minimum atomic E-state index is -2.85. The molecule has 6 heteroatoms. The average Bonchev–Trinajstić information content (AvgIpc) is 2.64. The molecule has 0 saturated carbocycles. The van der Waals surface area contributed by atoms with E-state index in [0.717, 1.165) is 18.8 Å². The number of nitrogens with zero attached hydrogens (tertiary/aromatic N) is 2. The summed E-state index contributed by atoms with van der Waals surface area (Å²) in [6.07, 6.45) is 4.48.